The van der Waals surface area contributed by atoms with Gasteiger partial charge in [0.05, 0.1) is 22.8 Å². The molecule has 55 heavy (non-hydrogen) atoms. The molecule has 1 aromatic heterocycles. The van der Waals surface area contributed by atoms with Crippen LogP contribution in [0.5, 0.6) is 0 Å². The van der Waals surface area contributed by atoms with E-state index in [4.69, 9.17) is 15.7 Å². The number of guanidine groups is 1. The second-order valence-electron chi connectivity index (χ2n) is 14.5. The highest BCUT2D eigenvalue weighted by Crippen LogP contribution is 2.45. The zero-order valence-electron chi connectivity index (χ0n) is 30.5. The van der Waals surface area contributed by atoms with Crippen LogP contribution in [0, 0.1) is 0 Å². The van der Waals surface area contributed by atoms with Gasteiger partial charge in [0.1, 0.15) is 24.2 Å². The number of fused-ring (bicyclic) bond motifs is 6. The number of hydrogen-bond acceptors (Lipinski definition) is 4. The first-order chi connectivity index (χ1) is 27.1. The Labute approximate surface area is 320 Å². The number of rotatable bonds is 6. The van der Waals surface area contributed by atoms with Crippen molar-refractivity contribution in [2.75, 3.05) is 4.90 Å². The van der Waals surface area contributed by atoms with E-state index < -0.39 is 0 Å². The van der Waals surface area contributed by atoms with Gasteiger partial charge in [0, 0.05) is 22.0 Å². The number of nitrogens with zero attached hydrogens (tertiary/aromatic N) is 4. The molecule has 10 rings (SSSR count). The molecule has 6 aromatic carbocycles. The van der Waals surface area contributed by atoms with Gasteiger partial charge in [-0.25, -0.2) is 9.98 Å². The van der Waals surface area contributed by atoms with Gasteiger partial charge in [-0.1, -0.05) is 127 Å². The molecular weight excluding hydrogens is 675 g/mol. The molecule has 7 nitrogen and oxygen atoms in total. The zero-order valence-corrected chi connectivity index (χ0v) is 30.5. The molecule has 0 bridgehead atoms. The first kappa shape index (κ1) is 32.9. The van der Waals surface area contributed by atoms with E-state index in [1.807, 2.05) is 24.3 Å². The molecular formula is C48H41N7. The molecule has 0 amide bonds. The Hall–Kier alpha value is -6.70. The Bertz CT molecular complexity index is 2670. The third-order valence-corrected chi connectivity index (χ3v) is 11.1. The van der Waals surface area contributed by atoms with Crippen molar-refractivity contribution in [1.82, 2.24) is 15.2 Å². The number of allylic oxidation sites excluding steroid dienone is 2. The summed E-state index contributed by atoms with van der Waals surface area (Å²) in [7, 11) is 0. The summed E-state index contributed by atoms with van der Waals surface area (Å²) >= 11 is 0. The summed E-state index contributed by atoms with van der Waals surface area (Å²) in [6.45, 7) is 2.07. The Kier molecular flexibility index (Phi) is 8.15. The fourth-order valence-electron chi connectivity index (χ4n) is 8.49. The van der Waals surface area contributed by atoms with E-state index in [0.29, 0.717) is 5.96 Å². The van der Waals surface area contributed by atoms with E-state index in [1.165, 1.54) is 44.1 Å². The fraction of sp³-hybridized carbons (Fsp3) is 0.125. The summed E-state index contributed by atoms with van der Waals surface area (Å²) in [6.07, 6.45) is 7.11. The lowest BCUT2D eigenvalue weighted by atomic mass is 9.93. The number of anilines is 1. The summed E-state index contributed by atoms with van der Waals surface area (Å²) in [5.74, 6) is 1.28. The predicted molar refractivity (Wildman–Crippen MR) is 227 cm³/mol. The Balaban J connectivity index is 1.00. The molecule has 0 radical (unpaired) electrons. The molecule has 4 atom stereocenters. The van der Waals surface area contributed by atoms with Crippen molar-refractivity contribution in [2.45, 2.75) is 37.8 Å². The van der Waals surface area contributed by atoms with Crippen molar-refractivity contribution < 1.29 is 0 Å². The minimum atomic E-state index is -0.306. The van der Waals surface area contributed by atoms with Crippen molar-refractivity contribution in [3.63, 3.8) is 0 Å². The van der Waals surface area contributed by atoms with Crippen LogP contribution in [0.1, 0.15) is 42.4 Å². The minimum Gasteiger partial charge on any atom is -0.369 e. The van der Waals surface area contributed by atoms with Crippen molar-refractivity contribution in [2.24, 2.45) is 15.7 Å². The van der Waals surface area contributed by atoms with Gasteiger partial charge < -0.3 is 20.5 Å². The highest BCUT2D eigenvalue weighted by molar-refractivity contribution is 6.11. The van der Waals surface area contributed by atoms with Crippen molar-refractivity contribution in [3.8, 4) is 16.8 Å². The Morgan fingerprint density at radius 3 is 2.22 bits per heavy atom. The zero-order chi connectivity index (χ0) is 36.9. The molecule has 1 aliphatic carbocycles. The fourth-order valence-corrected chi connectivity index (χ4v) is 8.49. The molecule has 2 aliphatic heterocycles. The van der Waals surface area contributed by atoms with E-state index in [0.717, 1.165) is 34.8 Å². The lowest BCUT2D eigenvalue weighted by molar-refractivity contribution is 0.402. The van der Waals surface area contributed by atoms with Gasteiger partial charge in [-0.3, -0.25) is 5.32 Å². The molecule has 3 heterocycles. The van der Waals surface area contributed by atoms with Crippen LogP contribution in [0.2, 0.25) is 0 Å². The average molecular weight is 716 g/mol. The highest BCUT2D eigenvalue weighted by atomic mass is 15.3. The predicted octanol–water partition coefficient (Wildman–Crippen LogP) is 9.67. The van der Waals surface area contributed by atoms with E-state index >= 15 is 0 Å². The number of amidine groups is 1. The molecule has 4 N–H and O–H groups in total. The lowest BCUT2D eigenvalue weighted by Gasteiger charge is -2.34. The number of aliphatic imine (C=N–C) groups is 2. The Morgan fingerprint density at radius 1 is 0.745 bits per heavy atom. The SMILES string of the molecule is CC(N=C(N)N1c2ccc(-c3ccc4c(c3)c3ccccc3n4-c3ccccc3)cc2C2=CC=CCC21)C1=NC(c2ccccc2)NC(c2ccccc2)N1. The van der Waals surface area contributed by atoms with Crippen LogP contribution in [0.25, 0.3) is 44.2 Å². The average Bonchev–Trinajstić information content (AvgIpc) is 3.77. The van der Waals surface area contributed by atoms with Gasteiger partial charge in [-0.2, -0.15) is 0 Å². The number of para-hydroxylation sites is 2. The molecule has 7 aromatic rings. The summed E-state index contributed by atoms with van der Waals surface area (Å²) in [6, 6.07) is 53.4. The van der Waals surface area contributed by atoms with Crippen LogP contribution < -0.4 is 21.3 Å². The summed E-state index contributed by atoms with van der Waals surface area (Å²) < 4.78 is 2.36. The van der Waals surface area contributed by atoms with Gasteiger partial charge in [0.15, 0.2) is 5.96 Å². The molecule has 0 spiro atoms. The Morgan fingerprint density at radius 2 is 1.42 bits per heavy atom. The maximum Gasteiger partial charge on any atom is 0.197 e. The number of hydrogen-bond donors (Lipinski definition) is 3. The third kappa shape index (κ3) is 5.81. The van der Waals surface area contributed by atoms with Crippen molar-refractivity contribution >= 4 is 44.9 Å². The second kappa shape index (κ2) is 13.6. The topological polar surface area (TPSA) is 83.0 Å². The standard InChI is InChI=1S/C48H41N7/c1-31(45-51-46(32-15-5-2-6-16-32)53-47(52-45)33-17-7-3-8-18-33)50-48(49)55-42-24-14-12-22-38(42)40-30-35(26-28-44(40)55)34-25-27-43-39(29-34)37-21-11-13-23-41(37)54(43)36-19-9-4-10-20-36/h2-23,25-31,42,46-47,53H,24H2,1H3,(H2,49,50)(H,51,52). The second-order valence-corrected chi connectivity index (χ2v) is 14.5. The summed E-state index contributed by atoms with van der Waals surface area (Å²) in [5, 5.41) is 9.78. The molecule has 0 saturated heterocycles. The molecule has 7 heteroatoms. The van der Waals surface area contributed by atoms with Crippen LogP contribution in [-0.2, 0) is 0 Å². The number of nitrogens with one attached hydrogen (secondary N) is 2. The van der Waals surface area contributed by atoms with Gasteiger partial charge in [0.2, 0.25) is 0 Å². The van der Waals surface area contributed by atoms with Crippen LogP contribution in [0.15, 0.2) is 180 Å². The van der Waals surface area contributed by atoms with Crippen LogP contribution in [-0.4, -0.2) is 28.4 Å². The van der Waals surface area contributed by atoms with E-state index in [1.54, 1.807) is 0 Å². The first-order valence-electron chi connectivity index (χ1n) is 19.0. The quantitative estimate of drug-likeness (QED) is 0.118. The number of benzene rings is 6. The normalized spacial score (nSPS) is 19.8. The molecule has 268 valence electrons. The maximum atomic E-state index is 7.04. The monoisotopic (exact) mass is 715 g/mol. The molecule has 4 unspecified atom stereocenters. The van der Waals surface area contributed by atoms with E-state index in [-0.39, 0.29) is 24.4 Å². The molecule has 0 saturated carbocycles. The smallest absolute Gasteiger partial charge is 0.197 e. The van der Waals surface area contributed by atoms with Crippen molar-refractivity contribution in [3.05, 3.63) is 187 Å². The number of aromatic nitrogens is 1. The summed E-state index contributed by atoms with van der Waals surface area (Å²) in [4.78, 5) is 12.5. The lowest BCUT2D eigenvalue weighted by Crippen LogP contribution is -2.49. The van der Waals surface area contributed by atoms with Crippen LogP contribution in [0.4, 0.5) is 5.69 Å². The first-order valence-corrected chi connectivity index (χ1v) is 19.0. The van der Waals surface area contributed by atoms with Crippen LogP contribution in [0.3, 0.4) is 0 Å². The highest BCUT2D eigenvalue weighted by Gasteiger charge is 2.37. The number of nitrogens with two attached hydrogens (primary N) is 1. The summed E-state index contributed by atoms with van der Waals surface area (Å²) in [5.41, 5.74) is 18.7. The van der Waals surface area contributed by atoms with Crippen molar-refractivity contribution in [1.29, 1.82) is 0 Å². The third-order valence-electron chi connectivity index (χ3n) is 11.1. The van der Waals surface area contributed by atoms with Gasteiger partial charge in [0.25, 0.3) is 0 Å². The van der Waals surface area contributed by atoms with Gasteiger partial charge in [-0.15, -0.1) is 0 Å². The van der Waals surface area contributed by atoms with Gasteiger partial charge >= 0.3 is 0 Å². The van der Waals surface area contributed by atoms with E-state index in [2.05, 4.69) is 173 Å². The largest absolute Gasteiger partial charge is 0.369 e. The van der Waals surface area contributed by atoms with Crippen LogP contribution >= 0.6 is 0 Å². The molecule has 3 aliphatic rings. The minimum absolute atomic E-state index is 0.0644. The van der Waals surface area contributed by atoms with E-state index in [9.17, 15) is 0 Å². The molecule has 0 fully saturated rings. The maximum absolute atomic E-state index is 7.04. The van der Waals surface area contributed by atoms with Gasteiger partial charge in [-0.05, 0) is 83.6 Å².